The zero-order chi connectivity index (χ0) is 38.9. The Morgan fingerprint density at radius 1 is 0.911 bits per heavy atom. The second kappa shape index (κ2) is 16.1. The second-order valence-corrected chi connectivity index (χ2v) is 15.3. The van der Waals surface area contributed by atoms with Gasteiger partial charge in [0.25, 0.3) is 0 Å². The minimum Gasteiger partial charge on any atom is -0.496 e. The summed E-state index contributed by atoms with van der Waals surface area (Å²) in [5.41, 5.74) is 9.38. The minimum atomic E-state index is -0.554. The maximum Gasteiger partial charge on any atom is 0.227 e. The first-order valence-electron chi connectivity index (χ1n) is 19.6. The van der Waals surface area contributed by atoms with Crippen LogP contribution in [0.1, 0.15) is 60.8 Å². The van der Waals surface area contributed by atoms with Gasteiger partial charge in [0.2, 0.25) is 5.89 Å². The van der Waals surface area contributed by atoms with Gasteiger partial charge in [-0.25, -0.2) is 9.67 Å². The molecule has 2 unspecified atom stereocenters. The maximum absolute atomic E-state index is 10.6. The van der Waals surface area contributed by atoms with E-state index in [-0.39, 0.29) is 6.04 Å². The molecule has 11 nitrogen and oxygen atoms in total. The second-order valence-electron chi connectivity index (χ2n) is 15.3. The first-order chi connectivity index (χ1) is 27.3. The largest absolute Gasteiger partial charge is 0.496 e. The molecule has 56 heavy (non-hydrogen) atoms. The van der Waals surface area contributed by atoms with Crippen molar-refractivity contribution in [2.75, 3.05) is 41.5 Å². The lowest BCUT2D eigenvalue weighted by Crippen LogP contribution is -2.47. The smallest absolute Gasteiger partial charge is 0.227 e. The summed E-state index contributed by atoms with van der Waals surface area (Å²) in [4.78, 5) is 9.52. The number of nitriles is 1. The average Bonchev–Trinajstić information content (AvgIpc) is 3.86. The molecular weight excluding hydrogens is 705 g/mol. The summed E-state index contributed by atoms with van der Waals surface area (Å²) in [6.45, 7) is 4.34. The van der Waals surface area contributed by atoms with Crippen LogP contribution in [0, 0.1) is 18.3 Å². The molecule has 1 aliphatic carbocycles. The molecule has 2 aromatic heterocycles. The third-order valence-corrected chi connectivity index (χ3v) is 11.9. The lowest BCUT2D eigenvalue weighted by atomic mass is 9.94. The molecule has 0 radical (unpaired) electrons. The van der Waals surface area contributed by atoms with Crippen LogP contribution in [0.25, 0.3) is 50.3 Å². The van der Waals surface area contributed by atoms with Crippen LogP contribution in [0.5, 0.6) is 11.5 Å². The summed E-state index contributed by atoms with van der Waals surface area (Å²) in [6.07, 6.45) is 8.42. The number of nitrogens with zero attached hydrogens (tertiary/aromatic N) is 6. The number of likely N-dealkylation sites (N-methyl/N-ethyl adjacent to an activating group) is 1. The number of aliphatic hydroxyl groups is 1. The third-order valence-electron chi connectivity index (χ3n) is 11.9. The fourth-order valence-electron chi connectivity index (χ4n) is 8.81. The lowest BCUT2D eigenvalue weighted by molar-refractivity contribution is -0.0606. The van der Waals surface area contributed by atoms with Crippen LogP contribution in [0.15, 0.2) is 71.3 Å². The molecule has 6 aromatic rings. The fraction of sp³-hybridized carbons (Fsp3) is 0.400. The number of oxazole rings is 1. The van der Waals surface area contributed by atoms with Gasteiger partial charge in [0.1, 0.15) is 23.1 Å². The topological polar surface area (TPSA) is 122 Å². The molecule has 2 fully saturated rings. The van der Waals surface area contributed by atoms with E-state index in [0.29, 0.717) is 59.9 Å². The Balaban J connectivity index is 1.11. The molecule has 1 saturated heterocycles. The van der Waals surface area contributed by atoms with E-state index in [0.717, 1.165) is 62.9 Å². The van der Waals surface area contributed by atoms with E-state index in [2.05, 4.69) is 54.1 Å². The Morgan fingerprint density at radius 3 is 2.38 bits per heavy atom. The number of benzene rings is 4. The van der Waals surface area contributed by atoms with E-state index in [4.69, 9.17) is 28.7 Å². The average molecular weight is 755 g/mol. The van der Waals surface area contributed by atoms with Crippen molar-refractivity contribution in [3.05, 3.63) is 89.1 Å². The van der Waals surface area contributed by atoms with Crippen LogP contribution in [-0.2, 0) is 17.8 Å². The lowest BCUT2D eigenvalue weighted by Gasteiger charge is -2.35. The van der Waals surface area contributed by atoms with Gasteiger partial charge in [-0.1, -0.05) is 43.5 Å². The van der Waals surface area contributed by atoms with Crippen molar-refractivity contribution in [1.82, 2.24) is 24.6 Å². The summed E-state index contributed by atoms with van der Waals surface area (Å²) >= 11 is 0. The molecule has 11 heteroatoms. The van der Waals surface area contributed by atoms with E-state index in [1.807, 2.05) is 54.3 Å². The van der Waals surface area contributed by atoms with Gasteiger partial charge in [-0.05, 0) is 86.8 Å². The van der Waals surface area contributed by atoms with Crippen LogP contribution < -0.4 is 9.47 Å². The summed E-state index contributed by atoms with van der Waals surface area (Å²) in [7, 11) is 7.51. The number of ether oxygens (including phenoxy) is 3. The summed E-state index contributed by atoms with van der Waals surface area (Å²) in [6, 6.07) is 23.3. The first kappa shape index (κ1) is 37.7. The summed E-state index contributed by atoms with van der Waals surface area (Å²) in [5, 5.41) is 26.6. The highest BCUT2D eigenvalue weighted by molar-refractivity contribution is 5.97. The fourth-order valence-corrected chi connectivity index (χ4v) is 8.81. The van der Waals surface area contributed by atoms with Crippen molar-refractivity contribution >= 4 is 22.0 Å². The molecule has 0 spiro atoms. The minimum absolute atomic E-state index is 0.0262. The van der Waals surface area contributed by atoms with Crippen molar-refractivity contribution in [1.29, 1.82) is 5.26 Å². The Labute approximate surface area is 328 Å². The first-order valence-corrected chi connectivity index (χ1v) is 19.6. The summed E-state index contributed by atoms with van der Waals surface area (Å²) in [5.74, 6) is 1.85. The van der Waals surface area contributed by atoms with E-state index < -0.39 is 6.10 Å². The van der Waals surface area contributed by atoms with Crippen molar-refractivity contribution in [3.8, 4) is 45.8 Å². The van der Waals surface area contributed by atoms with Gasteiger partial charge in [0.05, 0.1) is 55.5 Å². The zero-order valence-corrected chi connectivity index (χ0v) is 32.9. The van der Waals surface area contributed by atoms with Crippen LogP contribution in [-0.4, -0.2) is 89.4 Å². The Morgan fingerprint density at radius 2 is 1.64 bits per heavy atom. The van der Waals surface area contributed by atoms with Gasteiger partial charge in [-0.2, -0.15) is 10.4 Å². The summed E-state index contributed by atoms with van der Waals surface area (Å²) < 4.78 is 25.6. The van der Waals surface area contributed by atoms with E-state index in [9.17, 15) is 10.4 Å². The van der Waals surface area contributed by atoms with Crippen LogP contribution in [0.4, 0.5) is 0 Å². The molecule has 1 saturated carbocycles. The predicted molar refractivity (Wildman–Crippen MR) is 217 cm³/mol. The van der Waals surface area contributed by atoms with Gasteiger partial charge >= 0.3 is 0 Å². The van der Waals surface area contributed by atoms with E-state index >= 15 is 0 Å². The Kier molecular flexibility index (Phi) is 10.8. The maximum atomic E-state index is 10.6. The highest BCUT2D eigenvalue weighted by atomic mass is 16.5. The molecule has 1 aliphatic heterocycles. The van der Waals surface area contributed by atoms with Gasteiger partial charge in [0.15, 0.2) is 5.58 Å². The number of aliphatic hydroxyl groups excluding tert-OH is 1. The van der Waals surface area contributed by atoms with Crippen LogP contribution in [0.3, 0.4) is 0 Å². The highest BCUT2D eigenvalue weighted by Crippen LogP contribution is 2.39. The molecule has 1 N–H and O–H groups in total. The number of hydrogen-bond donors (Lipinski definition) is 1. The van der Waals surface area contributed by atoms with Crippen LogP contribution in [0.2, 0.25) is 0 Å². The number of hydrogen-bond acceptors (Lipinski definition) is 10. The molecule has 4 aromatic carbocycles. The normalized spacial score (nSPS) is 17.9. The molecule has 290 valence electrons. The Hall–Kier alpha value is -5.25. The van der Waals surface area contributed by atoms with Crippen molar-refractivity contribution in [2.24, 2.45) is 0 Å². The molecule has 2 aliphatic rings. The number of fused-ring (bicyclic) bond motifs is 2. The SMILES string of the molecule is COc1cc(-n2ncc3c(-c4cccc(-c5nc6cc(CN(C)C7CCCCC7)cc(C#N)c6o5)c4C)cccc32)cc(OC)c1CN(C)C1CCOCC1O. The number of methoxy groups -OCH3 is 2. The van der Waals surface area contributed by atoms with Gasteiger partial charge < -0.3 is 23.7 Å². The van der Waals surface area contributed by atoms with E-state index in [1.165, 1.54) is 32.1 Å². The third kappa shape index (κ3) is 7.14. The molecule has 0 bridgehead atoms. The Bertz CT molecular complexity index is 2380. The molecular formula is C45H50N6O5. The van der Waals surface area contributed by atoms with Gasteiger partial charge in [-0.3, -0.25) is 9.80 Å². The van der Waals surface area contributed by atoms with E-state index in [1.54, 1.807) is 14.2 Å². The molecule has 0 amide bonds. The zero-order valence-electron chi connectivity index (χ0n) is 32.9. The van der Waals surface area contributed by atoms with Gasteiger partial charge in [-0.15, -0.1) is 0 Å². The highest BCUT2D eigenvalue weighted by Gasteiger charge is 2.29. The quantitative estimate of drug-likeness (QED) is 0.139. The van der Waals surface area contributed by atoms with Gasteiger partial charge in [0, 0.05) is 54.9 Å². The molecule has 3 heterocycles. The van der Waals surface area contributed by atoms with Crippen molar-refractivity contribution in [2.45, 2.75) is 76.7 Å². The van der Waals surface area contributed by atoms with Crippen LogP contribution >= 0.6 is 0 Å². The standard InChI is InChI=1S/C45H50N6O5/c1-28-33(13-9-14-34(28)45-48-38-20-29(19-30(23-46)44(38)56-45)25-49(2)31-11-7-6-8-12-31)35-15-10-16-39-36(35)24-47-51(39)32-21-42(53-4)37(43(22-32)54-5)26-50(3)40-17-18-55-27-41(40)52/h9-10,13-16,19-22,24,31,40-41,52H,6-8,11-12,17-18,25-27H2,1-5H3. The predicted octanol–water partition coefficient (Wildman–Crippen LogP) is 8.04. The molecule has 8 rings (SSSR count). The molecule has 2 atom stereocenters. The van der Waals surface area contributed by atoms with Crippen molar-refractivity contribution in [3.63, 3.8) is 0 Å². The number of aromatic nitrogens is 3. The number of rotatable bonds is 11. The van der Waals surface area contributed by atoms with Crippen molar-refractivity contribution < 1.29 is 23.7 Å². The monoisotopic (exact) mass is 754 g/mol.